The van der Waals surface area contributed by atoms with Gasteiger partial charge in [0.2, 0.25) is 5.91 Å². The maximum Gasteiger partial charge on any atom is 0.308 e. The summed E-state index contributed by atoms with van der Waals surface area (Å²) in [7, 11) is 0. The topological polar surface area (TPSA) is 83.5 Å². The Morgan fingerprint density at radius 3 is 2.35 bits per heavy atom. The standard InChI is InChI=1S/C17H23NO4S/c1-12(2)8-14(17(21)22)9-18-16(20)11-23-10-15(19)13-6-4-3-5-7-13/h3-7,12,14H,8-11H2,1-2H3,(H,18,20)(H,21,22). The summed E-state index contributed by atoms with van der Waals surface area (Å²) in [6, 6.07) is 8.92. The molecule has 0 fully saturated rings. The van der Waals surface area contributed by atoms with Gasteiger partial charge in [0.1, 0.15) is 0 Å². The van der Waals surface area contributed by atoms with Gasteiger partial charge in [-0.25, -0.2) is 0 Å². The van der Waals surface area contributed by atoms with Crippen LogP contribution in [0.5, 0.6) is 0 Å². The lowest BCUT2D eigenvalue weighted by Gasteiger charge is -2.15. The maximum atomic E-state index is 11.9. The molecule has 1 rings (SSSR count). The first-order chi connectivity index (χ1) is 10.9. The van der Waals surface area contributed by atoms with Gasteiger partial charge in [-0.3, -0.25) is 14.4 Å². The van der Waals surface area contributed by atoms with E-state index in [0.717, 1.165) is 0 Å². The van der Waals surface area contributed by atoms with Gasteiger partial charge in [0.15, 0.2) is 5.78 Å². The van der Waals surface area contributed by atoms with Crippen molar-refractivity contribution in [2.24, 2.45) is 11.8 Å². The van der Waals surface area contributed by atoms with E-state index in [1.54, 1.807) is 24.3 Å². The van der Waals surface area contributed by atoms with E-state index in [-0.39, 0.29) is 35.7 Å². The predicted octanol–water partition coefficient (Wildman–Crippen LogP) is 2.47. The Hall–Kier alpha value is -1.82. The van der Waals surface area contributed by atoms with E-state index in [9.17, 15) is 14.4 Å². The van der Waals surface area contributed by atoms with Crippen LogP contribution in [-0.4, -0.2) is 40.8 Å². The van der Waals surface area contributed by atoms with Crippen molar-refractivity contribution in [1.29, 1.82) is 0 Å². The molecule has 0 radical (unpaired) electrons. The average Bonchev–Trinajstić information content (AvgIpc) is 2.51. The number of carboxylic acids is 1. The summed E-state index contributed by atoms with van der Waals surface area (Å²) in [4.78, 5) is 34.7. The summed E-state index contributed by atoms with van der Waals surface area (Å²) in [6.07, 6.45) is 0.523. The Bertz CT molecular complexity index is 531. The summed E-state index contributed by atoms with van der Waals surface area (Å²) in [5.74, 6) is -1.11. The monoisotopic (exact) mass is 337 g/mol. The van der Waals surface area contributed by atoms with E-state index >= 15 is 0 Å². The number of nitrogens with one attached hydrogen (secondary N) is 1. The molecule has 1 atom stereocenters. The van der Waals surface area contributed by atoms with Crippen LogP contribution in [0.3, 0.4) is 0 Å². The zero-order valence-corrected chi connectivity index (χ0v) is 14.3. The van der Waals surface area contributed by atoms with Crippen LogP contribution in [0.1, 0.15) is 30.6 Å². The smallest absolute Gasteiger partial charge is 0.308 e. The second kappa shape index (κ2) is 10.0. The van der Waals surface area contributed by atoms with Crippen molar-refractivity contribution >= 4 is 29.4 Å². The van der Waals surface area contributed by atoms with Gasteiger partial charge in [0.05, 0.1) is 17.4 Å². The molecule has 0 heterocycles. The number of hydrogen-bond donors (Lipinski definition) is 2. The highest BCUT2D eigenvalue weighted by molar-refractivity contribution is 8.00. The third-order valence-electron chi connectivity index (χ3n) is 3.21. The van der Waals surface area contributed by atoms with Crippen LogP contribution in [0.2, 0.25) is 0 Å². The largest absolute Gasteiger partial charge is 0.481 e. The van der Waals surface area contributed by atoms with Gasteiger partial charge in [0.25, 0.3) is 0 Å². The fraction of sp³-hybridized carbons (Fsp3) is 0.471. The molecule has 23 heavy (non-hydrogen) atoms. The number of Topliss-reactive ketones (excluding diaryl/α,β-unsaturated/α-hetero) is 1. The third kappa shape index (κ3) is 7.83. The normalized spacial score (nSPS) is 12.0. The number of rotatable bonds is 10. The van der Waals surface area contributed by atoms with E-state index < -0.39 is 11.9 Å². The second-order valence-electron chi connectivity index (χ2n) is 5.75. The Balaban J connectivity index is 2.28. The lowest BCUT2D eigenvalue weighted by Crippen LogP contribution is -2.34. The lowest BCUT2D eigenvalue weighted by atomic mass is 9.97. The van der Waals surface area contributed by atoms with Crippen molar-refractivity contribution in [3.05, 3.63) is 35.9 Å². The fourth-order valence-corrected chi connectivity index (χ4v) is 2.81. The van der Waals surface area contributed by atoms with Crippen LogP contribution in [0.15, 0.2) is 30.3 Å². The molecule has 1 aromatic rings. The molecule has 5 nitrogen and oxygen atoms in total. The molecule has 0 aliphatic rings. The van der Waals surface area contributed by atoms with Crippen molar-refractivity contribution in [2.75, 3.05) is 18.1 Å². The number of hydrogen-bond acceptors (Lipinski definition) is 4. The van der Waals surface area contributed by atoms with Crippen LogP contribution in [-0.2, 0) is 9.59 Å². The summed E-state index contributed by atoms with van der Waals surface area (Å²) in [6.45, 7) is 4.02. The summed E-state index contributed by atoms with van der Waals surface area (Å²) in [5.41, 5.74) is 0.628. The van der Waals surface area contributed by atoms with E-state index in [1.807, 2.05) is 19.9 Å². The molecule has 6 heteroatoms. The molecule has 0 spiro atoms. The zero-order valence-electron chi connectivity index (χ0n) is 13.5. The molecular formula is C17H23NO4S. The van der Waals surface area contributed by atoms with Gasteiger partial charge < -0.3 is 10.4 Å². The van der Waals surface area contributed by atoms with Crippen molar-refractivity contribution in [1.82, 2.24) is 5.32 Å². The minimum Gasteiger partial charge on any atom is -0.481 e. The number of carbonyl (C=O) groups is 3. The molecule has 0 saturated heterocycles. The molecule has 0 aromatic heterocycles. The molecule has 1 unspecified atom stereocenters. The van der Waals surface area contributed by atoms with Crippen molar-refractivity contribution < 1.29 is 19.5 Å². The Kier molecular flexibility index (Phi) is 8.40. The van der Waals surface area contributed by atoms with Gasteiger partial charge in [-0.2, -0.15) is 0 Å². The first-order valence-electron chi connectivity index (χ1n) is 7.55. The molecule has 0 aliphatic heterocycles. The van der Waals surface area contributed by atoms with Gasteiger partial charge in [-0.05, 0) is 12.3 Å². The van der Waals surface area contributed by atoms with Crippen molar-refractivity contribution in [3.63, 3.8) is 0 Å². The number of carbonyl (C=O) groups excluding carboxylic acids is 2. The number of amides is 1. The molecule has 0 saturated carbocycles. The summed E-state index contributed by atoms with van der Waals surface area (Å²) >= 11 is 1.23. The first kappa shape index (κ1) is 19.2. The van der Waals surface area contributed by atoms with Crippen LogP contribution in [0.4, 0.5) is 0 Å². The molecular weight excluding hydrogens is 314 g/mol. The number of ketones is 1. The Morgan fingerprint density at radius 1 is 1.13 bits per heavy atom. The maximum absolute atomic E-state index is 11.9. The third-order valence-corrected chi connectivity index (χ3v) is 4.15. The summed E-state index contributed by atoms with van der Waals surface area (Å²) < 4.78 is 0. The van der Waals surface area contributed by atoms with Crippen LogP contribution < -0.4 is 5.32 Å². The van der Waals surface area contributed by atoms with Gasteiger partial charge in [-0.1, -0.05) is 44.2 Å². The quantitative estimate of drug-likeness (QED) is 0.641. The van der Waals surface area contributed by atoms with Crippen molar-refractivity contribution in [2.45, 2.75) is 20.3 Å². The molecule has 126 valence electrons. The van der Waals surface area contributed by atoms with E-state index in [0.29, 0.717) is 12.0 Å². The minimum atomic E-state index is -0.897. The van der Waals surface area contributed by atoms with E-state index in [1.165, 1.54) is 11.8 Å². The predicted molar refractivity (Wildman–Crippen MR) is 91.7 cm³/mol. The lowest BCUT2D eigenvalue weighted by molar-refractivity contribution is -0.142. The molecule has 1 aromatic carbocycles. The number of thioether (sulfide) groups is 1. The van der Waals surface area contributed by atoms with E-state index in [2.05, 4.69) is 5.32 Å². The van der Waals surface area contributed by atoms with Gasteiger partial charge in [0, 0.05) is 12.1 Å². The Morgan fingerprint density at radius 2 is 1.78 bits per heavy atom. The Labute approximate surface area is 140 Å². The van der Waals surface area contributed by atoms with Gasteiger partial charge in [-0.15, -0.1) is 11.8 Å². The number of carboxylic acid groups (broad SMARTS) is 1. The highest BCUT2D eigenvalue weighted by Gasteiger charge is 2.19. The zero-order chi connectivity index (χ0) is 17.2. The average molecular weight is 337 g/mol. The minimum absolute atomic E-state index is 0.0216. The summed E-state index contributed by atoms with van der Waals surface area (Å²) in [5, 5.41) is 11.7. The molecule has 2 N–H and O–H groups in total. The highest BCUT2D eigenvalue weighted by atomic mass is 32.2. The molecule has 0 bridgehead atoms. The number of benzene rings is 1. The SMILES string of the molecule is CC(C)CC(CNC(=O)CSCC(=O)c1ccccc1)C(=O)O. The van der Waals surface area contributed by atoms with Crippen LogP contribution >= 0.6 is 11.8 Å². The van der Waals surface area contributed by atoms with Crippen molar-refractivity contribution in [3.8, 4) is 0 Å². The van der Waals surface area contributed by atoms with Crippen LogP contribution in [0, 0.1) is 11.8 Å². The van der Waals surface area contributed by atoms with Crippen LogP contribution in [0.25, 0.3) is 0 Å². The number of aliphatic carboxylic acids is 1. The molecule has 1 amide bonds. The van der Waals surface area contributed by atoms with E-state index in [4.69, 9.17) is 5.11 Å². The molecule has 0 aliphatic carbocycles. The first-order valence-corrected chi connectivity index (χ1v) is 8.71. The second-order valence-corrected chi connectivity index (χ2v) is 6.74. The fourth-order valence-electron chi connectivity index (χ4n) is 2.07. The highest BCUT2D eigenvalue weighted by Crippen LogP contribution is 2.11. The van der Waals surface area contributed by atoms with Gasteiger partial charge >= 0.3 is 5.97 Å².